The number of hydrogen-bond donors (Lipinski definition) is 2. The van der Waals surface area contributed by atoms with Crippen molar-refractivity contribution in [2.45, 2.75) is 0 Å². The zero-order valence-corrected chi connectivity index (χ0v) is 16.2. The topological polar surface area (TPSA) is 84.9 Å². The van der Waals surface area contributed by atoms with E-state index in [1.165, 1.54) is 0 Å². The summed E-state index contributed by atoms with van der Waals surface area (Å²) in [5.41, 5.74) is 0.523. The van der Waals surface area contributed by atoms with E-state index >= 15 is 0 Å². The summed E-state index contributed by atoms with van der Waals surface area (Å²) in [7, 11) is 1.76. The lowest BCUT2D eigenvalue weighted by Gasteiger charge is -2.24. The molecule has 26 heavy (non-hydrogen) atoms. The number of nitrogens with one attached hydrogen (secondary N) is 1. The maximum Gasteiger partial charge on any atom is 0.472 e. The van der Waals surface area contributed by atoms with Crippen molar-refractivity contribution in [2.75, 3.05) is 47.4 Å². The highest BCUT2D eigenvalue weighted by atomic mass is 31.2. The predicted octanol–water partition coefficient (Wildman–Crippen LogP) is 2.41. The van der Waals surface area contributed by atoms with E-state index in [0.717, 1.165) is 10.8 Å². The molecule has 1 unspecified atom stereocenters. The first-order valence-corrected chi connectivity index (χ1v) is 9.85. The van der Waals surface area contributed by atoms with Gasteiger partial charge in [-0.25, -0.2) is 4.57 Å². The SMILES string of the molecule is C[N+](C)(C)CCOP(=O)(O)OCCNC(=O)c1ccc2ccccc2c1. The Morgan fingerprint density at radius 1 is 1.08 bits per heavy atom. The largest absolute Gasteiger partial charge is 0.472 e. The molecule has 0 aliphatic carbocycles. The van der Waals surface area contributed by atoms with E-state index in [1.54, 1.807) is 12.1 Å². The summed E-state index contributed by atoms with van der Waals surface area (Å²) in [6.45, 7) is 0.680. The fourth-order valence-electron chi connectivity index (χ4n) is 2.23. The lowest BCUT2D eigenvalue weighted by Crippen LogP contribution is -2.37. The van der Waals surface area contributed by atoms with E-state index in [9.17, 15) is 14.3 Å². The van der Waals surface area contributed by atoms with Gasteiger partial charge in [0.2, 0.25) is 0 Å². The summed E-state index contributed by atoms with van der Waals surface area (Å²) in [4.78, 5) is 21.8. The van der Waals surface area contributed by atoms with E-state index in [4.69, 9.17) is 9.05 Å². The summed E-state index contributed by atoms with van der Waals surface area (Å²) in [5.74, 6) is -0.266. The average Bonchev–Trinajstić information content (AvgIpc) is 2.56. The molecule has 0 fully saturated rings. The highest BCUT2D eigenvalue weighted by molar-refractivity contribution is 7.47. The summed E-state index contributed by atoms with van der Waals surface area (Å²) in [5, 5.41) is 4.69. The molecule has 2 aromatic carbocycles. The third-order valence-electron chi connectivity index (χ3n) is 3.67. The van der Waals surface area contributed by atoms with Crippen LogP contribution in [0.25, 0.3) is 10.8 Å². The average molecular weight is 381 g/mol. The Labute approximate surface area is 153 Å². The number of phosphoric ester groups is 1. The number of likely N-dealkylation sites (N-methyl/N-ethyl adjacent to an activating group) is 1. The van der Waals surface area contributed by atoms with Crippen molar-refractivity contribution in [1.82, 2.24) is 5.32 Å². The normalized spacial score (nSPS) is 14.2. The maximum atomic E-state index is 12.2. The lowest BCUT2D eigenvalue weighted by molar-refractivity contribution is -0.870. The molecule has 2 N–H and O–H groups in total. The second kappa shape index (κ2) is 8.75. The molecule has 0 radical (unpaired) electrons. The van der Waals surface area contributed by atoms with Gasteiger partial charge >= 0.3 is 7.82 Å². The third-order valence-corrected chi connectivity index (χ3v) is 4.69. The van der Waals surface area contributed by atoms with Crippen molar-refractivity contribution in [2.24, 2.45) is 0 Å². The van der Waals surface area contributed by atoms with Gasteiger partial charge in [0, 0.05) is 12.1 Å². The molecule has 8 heteroatoms. The van der Waals surface area contributed by atoms with Crippen LogP contribution in [-0.4, -0.2) is 62.7 Å². The van der Waals surface area contributed by atoms with Crippen molar-refractivity contribution in [3.63, 3.8) is 0 Å². The Morgan fingerprint density at radius 2 is 1.73 bits per heavy atom. The molecule has 0 heterocycles. The van der Waals surface area contributed by atoms with Crippen molar-refractivity contribution < 1.29 is 27.8 Å². The van der Waals surface area contributed by atoms with Gasteiger partial charge in [-0.2, -0.15) is 0 Å². The first-order valence-electron chi connectivity index (χ1n) is 8.36. The predicted molar refractivity (Wildman–Crippen MR) is 101 cm³/mol. The maximum absolute atomic E-state index is 12.2. The number of nitrogens with zero attached hydrogens (tertiary/aromatic N) is 1. The van der Waals surface area contributed by atoms with Gasteiger partial charge in [0.1, 0.15) is 13.2 Å². The number of quaternary nitrogens is 1. The first kappa shape index (κ1) is 20.6. The summed E-state index contributed by atoms with van der Waals surface area (Å²) in [6.07, 6.45) is 0. The van der Waals surface area contributed by atoms with Crippen LogP contribution in [0.1, 0.15) is 10.4 Å². The van der Waals surface area contributed by atoms with Crippen molar-refractivity contribution >= 4 is 24.5 Å². The van der Waals surface area contributed by atoms with Crippen molar-refractivity contribution in [3.05, 3.63) is 48.0 Å². The Hall–Kier alpha value is -1.76. The molecule has 0 aliphatic rings. The molecule has 0 spiro atoms. The van der Waals surface area contributed by atoms with Crippen LogP contribution in [0.5, 0.6) is 0 Å². The van der Waals surface area contributed by atoms with Crippen LogP contribution in [0.3, 0.4) is 0 Å². The highest BCUT2D eigenvalue weighted by Gasteiger charge is 2.22. The van der Waals surface area contributed by atoms with Gasteiger partial charge in [-0.15, -0.1) is 0 Å². The molecular weight excluding hydrogens is 355 g/mol. The van der Waals surface area contributed by atoms with Gasteiger partial charge in [-0.05, 0) is 22.9 Å². The summed E-state index contributed by atoms with van der Waals surface area (Å²) in [6, 6.07) is 13.2. The van der Waals surface area contributed by atoms with Gasteiger partial charge in [0.15, 0.2) is 0 Å². The zero-order chi connectivity index (χ0) is 19.2. The number of phosphoric acid groups is 1. The van der Waals surface area contributed by atoms with Gasteiger partial charge in [0.25, 0.3) is 5.91 Å². The molecule has 0 aliphatic heterocycles. The standard InChI is InChI=1S/C18H25N2O5P/c1-20(2,3)11-13-25-26(22,23)24-12-10-19-18(21)17-9-8-15-6-4-5-7-16(15)14-17/h4-9,14H,10-13H2,1-3H3,(H-,19,21,22,23)/p+1. The number of hydrogen-bond acceptors (Lipinski definition) is 4. The van der Waals surface area contributed by atoms with E-state index in [1.807, 2.05) is 51.5 Å². The molecule has 142 valence electrons. The van der Waals surface area contributed by atoms with Gasteiger partial charge in [-0.1, -0.05) is 30.3 Å². The minimum Gasteiger partial charge on any atom is -0.350 e. The second-order valence-corrected chi connectivity index (χ2v) is 8.42. The van der Waals surface area contributed by atoms with Crippen LogP contribution in [0, 0.1) is 0 Å². The molecule has 2 rings (SSSR count). The van der Waals surface area contributed by atoms with Gasteiger partial charge in [-0.3, -0.25) is 13.8 Å². The molecule has 7 nitrogen and oxygen atoms in total. The second-order valence-electron chi connectivity index (χ2n) is 6.97. The summed E-state index contributed by atoms with van der Waals surface area (Å²) < 4.78 is 22.1. The fourth-order valence-corrected chi connectivity index (χ4v) is 2.93. The van der Waals surface area contributed by atoms with Gasteiger partial charge in [0.05, 0.1) is 27.7 Å². The van der Waals surface area contributed by atoms with Gasteiger partial charge < -0.3 is 14.7 Å². The minimum atomic E-state index is -4.10. The number of fused-ring (bicyclic) bond motifs is 1. The number of benzene rings is 2. The molecule has 1 amide bonds. The summed E-state index contributed by atoms with van der Waals surface area (Å²) >= 11 is 0. The highest BCUT2D eigenvalue weighted by Crippen LogP contribution is 2.42. The van der Waals surface area contributed by atoms with Crippen molar-refractivity contribution in [1.29, 1.82) is 0 Å². The van der Waals surface area contributed by atoms with E-state index < -0.39 is 7.82 Å². The molecule has 0 saturated heterocycles. The number of amides is 1. The van der Waals surface area contributed by atoms with E-state index in [-0.39, 0.29) is 25.7 Å². The quantitative estimate of drug-likeness (QED) is 0.396. The Balaban J connectivity index is 1.76. The number of rotatable bonds is 9. The van der Waals surface area contributed by atoms with Crippen LogP contribution in [0.2, 0.25) is 0 Å². The lowest BCUT2D eigenvalue weighted by atomic mass is 10.1. The molecule has 1 atom stereocenters. The van der Waals surface area contributed by atoms with Crippen LogP contribution in [-0.2, 0) is 13.6 Å². The minimum absolute atomic E-state index is 0.106. The van der Waals surface area contributed by atoms with E-state index in [0.29, 0.717) is 16.6 Å². The third kappa shape index (κ3) is 6.86. The smallest absolute Gasteiger partial charge is 0.350 e. The molecule has 0 bridgehead atoms. The first-order chi connectivity index (χ1) is 12.2. The van der Waals surface area contributed by atoms with Crippen LogP contribution < -0.4 is 5.32 Å². The monoisotopic (exact) mass is 381 g/mol. The zero-order valence-electron chi connectivity index (χ0n) is 15.3. The van der Waals surface area contributed by atoms with E-state index in [2.05, 4.69) is 5.32 Å². The van der Waals surface area contributed by atoms with Crippen molar-refractivity contribution in [3.8, 4) is 0 Å². The Bertz CT molecular complexity index is 804. The molecule has 0 aromatic heterocycles. The fraction of sp³-hybridized carbons (Fsp3) is 0.389. The van der Waals surface area contributed by atoms with Crippen LogP contribution >= 0.6 is 7.82 Å². The van der Waals surface area contributed by atoms with Crippen LogP contribution in [0.4, 0.5) is 0 Å². The number of carbonyl (C=O) groups excluding carboxylic acids is 1. The molecule has 0 saturated carbocycles. The molecule has 2 aromatic rings. The number of carbonyl (C=O) groups is 1. The Morgan fingerprint density at radius 3 is 2.42 bits per heavy atom. The van der Waals surface area contributed by atoms with Crippen LogP contribution in [0.15, 0.2) is 42.5 Å². The molecular formula is C18H26N2O5P+. The Kier molecular flexibility index (Phi) is 6.92.